The minimum Gasteiger partial charge on any atom is -0.347 e. The number of aromatic nitrogens is 6. The van der Waals surface area contributed by atoms with Gasteiger partial charge >= 0.3 is 0 Å². The minimum atomic E-state index is -0.366. The lowest BCUT2D eigenvalue weighted by Crippen LogP contribution is -2.24. The van der Waals surface area contributed by atoms with Gasteiger partial charge in [0, 0.05) is 31.3 Å². The van der Waals surface area contributed by atoms with Gasteiger partial charge in [-0.25, -0.2) is 19.3 Å². The number of halogens is 1. The Morgan fingerprint density at radius 3 is 2.67 bits per heavy atom. The molecule has 0 aliphatic heterocycles. The van der Waals surface area contributed by atoms with Crippen LogP contribution in [0.1, 0.15) is 53.5 Å². The highest BCUT2D eigenvalue weighted by Gasteiger charge is 2.44. The number of aryl methyl sites for hydroxylation is 1. The lowest BCUT2D eigenvalue weighted by Gasteiger charge is -2.11. The fourth-order valence-electron chi connectivity index (χ4n) is 4.67. The van der Waals surface area contributed by atoms with Crippen molar-refractivity contribution >= 4 is 17.1 Å². The average Bonchev–Trinajstić information content (AvgIpc) is 3.72. The lowest BCUT2D eigenvalue weighted by atomic mass is 9.97. The molecule has 0 bridgehead atoms. The Hall–Kier alpha value is -3.62. The quantitative estimate of drug-likeness (QED) is 0.451. The van der Waals surface area contributed by atoms with E-state index in [2.05, 4.69) is 25.4 Å². The largest absolute Gasteiger partial charge is 0.347 e. The molecule has 3 aromatic heterocycles. The van der Waals surface area contributed by atoms with Crippen molar-refractivity contribution in [2.24, 2.45) is 18.9 Å². The summed E-state index contributed by atoms with van der Waals surface area (Å²) in [5.74, 6) is 2.01. The van der Waals surface area contributed by atoms with E-state index in [4.69, 9.17) is 4.98 Å². The van der Waals surface area contributed by atoms with Gasteiger partial charge in [0.05, 0.1) is 6.20 Å². The van der Waals surface area contributed by atoms with Crippen LogP contribution < -0.4 is 5.32 Å². The number of benzene rings is 1. The molecule has 2 N–H and O–H groups in total. The van der Waals surface area contributed by atoms with Crippen molar-refractivity contribution in [2.75, 3.05) is 0 Å². The molecular weight excluding hydrogens is 421 g/mol. The fourth-order valence-corrected chi connectivity index (χ4v) is 4.67. The molecule has 6 rings (SSSR count). The summed E-state index contributed by atoms with van der Waals surface area (Å²) in [7, 11) is 1.81. The van der Waals surface area contributed by atoms with Crippen LogP contribution in [0.15, 0.2) is 36.9 Å². The predicted octanol–water partition coefficient (Wildman–Crippen LogP) is 3.73. The van der Waals surface area contributed by atoms with Crippen molar-refractivity contribution in [1.29, 1.82) is 0 Å². The Bertz CT molecular complexity index is 1340. The van der Waals surface area contributed by atoms with Gasteiger partial charge in [-0.1, -0.05) is 0 Å². The maximum atomic E-state index is 14.2. The van der Waals surface area contributed by atoms with E-state index < -0.39 is 0 Å². The summed E-state index contributed by atoms with van der Waals surface area (Å²) in [6.07, 6.45) is 9.84. The first-order valence-corrected chi connectivity index (χ1v) is 11.3. The maximum absolute atomic E-state index is 14.2. The van der Waals surface area contributed by atoms with E-state index in [1.807, 2.05) is 19.3 Å². The van der Waals surface area contributed by atoms with Crippen LogP contribution >= 0.6 is 0 Å². The van der Waals surface area contributed by atoms with Gasteiger partial charge < -0.3 is 10.3 Å². The monoisotopic (exact) mass is 445 g/mol. The summed E-state index contributed by atoms with van der Waals surface area (Å²) in [4.78, 5) is 29.6. The van der Waals surface area contributed by atoms with Gasteiger partial charge in [0.2, 0.25) is 0 Å². The number of hydrogen-bond donors (Lipinski definition) is 2. The van der Waals surface area contributed by atoms with Gasteiger partial charge in [0.1, 0.15) is 23.5 Å². The summed E-state index contributed by atoms with van der Waals surface area (Å²) in [6, 6.07) is 4.72. The second-order valence-corrected chi connectivity index (χ2v) is 9.18. The van der Waals surface area contributed by atoms with Crippen LogP contribution in [0.3, 0.4) is 0 Å². The van der Waals surface area contributed by atoms with E-state index >= 15 is 0 Å². The Balaban J connectivity index is 1.23. The Morgan fingerprint density at radius 1 is 1.18 bits per heavy atom. The molecule has 168 valence electrons. The van der Waals surface area contributed by atoms with E-state index in [0.717, 1.165) is 11.4 Å². The number of H-pyrrole nitrogens is 1. The summed E-state index contributed by atoms with van der Waals surface area (Å²) in [5.41, 5.74) is 3.51. The van der Waals surface area contributed by atoms with Crippen molar-refractivity contribution in [1.82, 2.24) is 35.0 Å². The highest BCUT2D eigenvalue weighted by atomic mass is 19.1. The number of aromatic amines is 1. The van der Waals surface area contributed by atoms with Crippen LogP contribution in [0.4, 0.5) is 4.39 Å². The van der Waals surface area contributed by atoms with Gasteiger partial charge in [-0.05, 0) is 66.8 Å². The molecule has 0 spiro atoms. The molecule has 2 fully saturated rings. The third kappa shape index (κ3) is 3.99. The first-order valence-electron chi connectivity index (χ1n) is 11.3. The molecule has 0 saturated heterocycles. The number of imidazole rings is 1. The second kappa shape index (κ2) is 7.75. The van der Waals surface area contributed by atoms with Gasteiger partial charge in [0.25, 0.3) is 5.91 Å². The normalized spacial score (nSPS) is 16.0. The van der Waals surface area contributed by atoms with E-state index in [0.29, 0.717) is 40.0 Å². The number of rotatable bonds is 7. The topological polar surface area (TPSA) is 101 Å². The lowest BCUT2D eigenvalue weighted by molar-refractivity contribution is 0.0947. The molecule has 9 heteroatoms. The van der Waals surface area contributed by atoms with Crippen LogP contribution in [-0.2, 0) is 13.6 Å². The van der Waals surface area contributed by atoms with E-state index in [9.17, 15) is 9.18 Å². The summed E-state index contributed by atoms with van der Waals surface area (Å²) in [5, 5.41) is 7.00. The Kier molecular flexibility index (Phi) is 4.70. The highest BCUT2D eigenvalue weighted by Crippen LogP contribution is 2.53. The number of carbonyl (C=O) groups excluding carboxylic acids is 1. The zero-order chi connectivity index (χ0) is 22.5. The molecule has 2 aliphatic carbocycles. The Morgan fingerprint density at radius 2 is 1.97 bits per heavy atom. The molecule has 8 nitrogen and oxygen atoms in total. The minimum absolute atomic E-state index is 0.170. The molecule has 0 unspecified atom stereocenters. The molecule has 0 radical (unpaired) electrons. The first-order chi connectivity index (χ1) is 16.0. The third-order valence-corrected chi connectivity index (χ3v) is 6.55. The standard InChI is InChI=1S/C24H24FN7O/c1-32-11-17(10-29-32)16-6-13(7-18(25)8-16)9-26-24(33)21-20-23(28-12-27-21)31-22(30-20)19(14-2-3-14)15-4-5-15/h6-8,10-12,14-15,19H,2-5,9H2,1H3,(H,26,33)(H,27,28,30,31). The van der Waals surface area contributed by atoms with Crippen molar-refractivity contribution in [3.63, 3.8) is 0 Å². The van der Waals surface area contributed by atoms with E-state index in [1.54, 1.807) is 10.9 Å². The third-order valence-electron chi connectivity index (χ3n) is 6.55. The molecule has 2 saturated carbocycles. The maximum Gasteiger partial charge on any atom is 0.272 e. The molecule has 2 aliphatic rings. The van der Waals surface area contributed by atoms with Gasteiger partial charge in [-0.15, -0.1) is 0 Å². The number of amides is 1. The number of nitrogens with zero attached hydrogens (tertiary/aromatic N) is 5. The van der Waals surface area contributed by atoms with Gasteiger partial charge in [-0.3, -0.25) is 9.48 Å². The van der Waals surface area contributed by atoms with Gasteiger partial charge in [0.15, 0.2) is 11.3 Å². The molecule has 1 amide bonds. The van der Waals surface area contributed by atoms with Crippen LogP contribution in [-0.4, -0.2) is 35.6 Å². The van der Waals surface area contributed by atoms with Crippen molar-refractivity contribution in [3.05, 3.63) is 59.8 Å². The second-order valence-electron chi connectivity index (χ2n) is 9.18. The van der Waals surface area contributed by atoms with Crippen molar-refractivity contribution in [3.8, 4) is 11.1 Å². The van der Waals surface area contributed by atoms with Crippen LogP contribution in [0.25, 0.3) is 22.3 Å². The summed E-state index contributed by atoms with van der Waals surface area (Å²) < 4.78 is 15.9. The van der Waals surface area contributed by atoms with Crippen LogP contribution in [0.5, 0.6) is 0 Å². The van der Waals surface area contributed by atoms with Crippen LogP contribution in [0, 0.1) is 17.7 Å². The molecule has 33 heavy (non-hydrogen) atoms. The highest BCUT2D eigenvalue weighted by molar-refractivity contribution is 6.02. The molecule has 3 heterocycles. The first kappa shape index (κ1) is 20.0. The summed E-state index contributed by atoms with van der Waals surface area (Å²) in [6.45, 7) is 0.170. The number of fused-ring (bicyclic) bond motifs is 1. The molecular formula is C24H24FN7O. The molecule has 0 atom stereocenters. The zero-order valence-corrected chi connectivity index (χ0v) is 18.3. The number of hydrogen-bond acceptors (Lipinski definition) is 5. The molecule has 1 aromatic carbocycles. The van der Waals surface area contributed by atoms with Crippen LogP contribution in [0.2, 0.25) is 0 Å². The Labute approximate surface area is 189 Å². The average molecular weight is 446 g/mol. The van der Waals surface area contributed by atoms with E-state index in [1.165, 1.54) is 44.1 Å². The fraction of sp³-hybridized carbons (Fsp3) is 0.375. The number of carbonyl (C=O) groups is 1. The van der Waals surface area contributed by atoms with E-state index in [-0.39, 0.29) is 24.0 Å². The predicted molar refractivity (Wildman–Crippen MR) is 120 cm³/mol. The molecule has 4 aromatic rings. The summed E-state index contributed by atoms with van der Waals surface area (Å²) >= 11 is 0. The smallest absolute Gasteiger partial charge is 0.272 e. The number of nitrogens with one attached hydrogen (secondary N) is 2. The van der Waals surface area contributed by atoms with Crippen molar-refractivity contribution in [2.45, 2.75) is 38.1 Å². The van der Waals surface area contributed by atoms with Crippen molar-refractivity contribution < 1.29 is 9.18 Å². The zero-order valence-electron chi connectivity index (χ0n) is 18.3. The SMILES string of the molecule is Cn1cc(-c2cc(F)cc(CNC(=O)c3ncnc4nc(C(C5CC5)C5CC5)[nH]c34)c2)cn1. The van der Waals surface area contributed by atoms with Gasteiger partial charge in [-0.2, -0.15) is 5.10 Å².